The summed E-state index contributed by atoms with van der Waals surface area (Å²) < 4.78 is 0. The highest BCUT2D eigenvalue weighted by molar-refractivity contribution is 7.13. The van der Waals surface area contributed by atoms with E-state index >= 15 is 0 Å². The minimum absolute atomic E-state index is 0.0393. The number of carbonyl (C=O) groups excluding carboxylic acids is 1. The molecule has 3 aromatic rings. The second-order valence-corrected chi connectivity index (χ2v) is 6.44. The number of thiazole rings is 1. The van der Waals surface area contributed by atoms with Crippen molar-refractivity contribution >= 4 is 33.4 Å². The molecular formula is C17H21N5OS. The lowest BCUT2D eigenvalue weighted by atomic mass is 10.2. The van der Waals surface area contributed by atoms with Crippen LogP contribution in [0.25, 0.3) is 11.0 Å². The lowest BCUT2D eigenvalue weighted by Crippen LogP contribution is -2.33. The zero-order valence-corrected chi connectivity index (χ0v) is 14.9. The van der Waals surface area contributed by atoms with Crippen molar-refractivity contribution in [2.45, 2.75) is 20.3 Å². The first-order valence-electron chi connectivity index (χ1n) is 7.99. The third kappa shape index (κ3) is 3.26. The van der Waals surface area contributed by atoms with E-state index < -0.39 is 0 Å². The number of nitrogens with zero attached hydrogens (tertiary/aromatic N) is 3. The molecule has 6 nitrogen and oxygen atoms in total. The Balaban J connectivity index is 1.70. The smallest absolute Gasteiger partial charge is 0.273 e. The number of imidazole rings is 1. The molecule has 0 bridgehead atoms. The van der Waals surface area contributed by atoms with Crippen LogP contribution in [-0.4, -0.2) is 45.9 Å². The normalized spacial score (nSPS) is 11.0. The Morgan fingerprint density at radius 1 is 1.38 bits per heavy atom. The van der Waals surface area contributed by atoms with Crippen LogP contribution >= 0.6 is 11.3 Å². The number of hydrogen-bond acceptors (Lipinski definition) is 5. The van der Waals surface area contributed by atoms with E-state index in [4.69, 9.17) is 0 Å². The van der Waals surface area contributed by atoms with Gasteiger partial charge in [0.05, 0.1) is 11.0 Å². The van der Waals surface area contributed by atoms with Crippen molar-refractivity contribution in [3.05, 3.63) is 40.7 Å². The van der Waals surface area contributed by atoms with Gasteiger partial charge in [0.1, 0.15) is 11.5 Å². The molecule has 0 aliphatic rings. The molecule has 1 aromatic carbocycles. The summed E-state index contributed by atoms with van der Waals surface area (Å²) in [5.74, 6) is 0.863. The molecule has 0 unspecified atom stereocenters. The molecule has 126 valence electrons. The molecule has 2 N–H and O–H groups in total. The van der Waals surface area contributed by atoms with Crippen LogP contribution in [0, 0.1) is 6.92 Å². The van der Waals surface area contributed by atoms with E-state index in [0.29, 0.717) is 25.2 Å². The maximum Gasteiger partial charge on any atom is 0.273 e. The molecule has 1 amide bonds. The molecule has 2 heterocycles. The largest absolute Gasteiger partial charge is 0.365 e. The van der Waals surface area contributed by atoms with Crippen molar-refractivity contribution in [3.63, 3.8) is 0 Å². The van der Waals surface area contributed by atoms with Crippen molar-refractivity contribution in [2.75, 3.05) is 25.5 Å². The van der Waals surface area contributed by atoms with Gasteiger partial charge in [0.15, 0.2) is 5.13 Å². The molecule has 3 rings (SSSR count). The Hall–Kier alpha value is -2.41. The molecule has 0 fully saturated rings. The molecule has 2 aromatic heterocycles. The fourth-order valence-corrected chi connectivity index (χ4v) is 3.28. The Labute approximate surface area is 144 Å². The Morgan fingerprint density at radius 2 is 2.21 bits per heavy atom. The highest BCUT2D eigenvalue weighted by Crippen LogP contribution is 2.17. The summed E-state index contributed by atoms with van der Waals surface area (Å²) >= 11 is 1.44. The number of likely N-dealkylation sites (N-methyl/N-ethyl adjacent to an activating group) is 1. The standard InChI is InChI=1S/C17H21N5OS/c1-4-22(16(23)13-10-24-17(18-3)20-13)9-8-14-19-12-7-5-6-11(2)15(12)21-14/h5-7,10H,4,8-9H2,1-3H3,(H,18,20)(H,19,21). The van der Waals surface area contributed by atoms with E-state index in [1.807, 2.05) is 19.1 Å². The van der Waals surface area contributed by atoms with Gasteiger partial charge >= 0.3 is 0 Å². The predicted octanol–water partition coefficient (Wildman–Crippen LogP) is 3.07. The van der Waals surface area contributed by atoms with Crippen molar-refractivity contribution in [1.82, 2.24) is 19.9 Å². The molecule has 0 atom stereocenters. The van der Waals surface area contributed by atoms with Crippen LogP contribution in [0.1, 0.15) is 28.8 Å². The number of benzene rings is 1. The van der Waals surface area contributed by atoms with E-state index in [-0.39, 0.29) is 5.91 Å². The number of nitrogens with one attached hydrogen (secondary N) is 2. The number of para-hydroxylation sites is 1. The predicted molar refractivity (Wildman–Crippen MR) is 97.8 cm³/mol. The molecular weight excluding hydrogens is 322 g/mol. The van der Waals surface area contributed by atoms with Gasteiger partial charge in [-0.3, -0.25) is 4.79 Å². The van der Waals surface area contributed by atoms with Gasteiger partial charge in [0.25, 0.3) is 5.91 Å². The van der Waals surface area contributed by atoms with Gasteiger partial charge in [0.2, 0.25) is 0 Å². The number of H-pyrrole nitrogens is 1. The van der Waals surface area contributed by atoms with Gasteiger partial charge in [-0.1, -0.05) is 12.1 Å². The van der Waals surface area contributed by atoms with Gasteiger partial charge in [-0.05, 0) is 25.5 Å². The lowest BCUT2D eigenvalue weighted by Gasteiger charge is -2.19. The first-order valence-corrected chi connectivity index (χ1v) is 8.87. The zero-order valence-electron chi connectivity index (χ0n) is 14.1. The summed E-state index contributed by atoms with van der Waals surface area (Å²) in [4.78, 5) is 26.6. The average molecular weight is 343 g/mol. The second kappa shape index (κ2) is 7.00. The van der Waals surface area contributed by atoms with Crippen LogP contribution in [0.3, 0.4) is 0 Å². The number of aromatic amines is 1. The minimum atomic E-state index is -0.0393. The monoisotopic (exact) mass is 343 g/mol. The summed E-state index contributed by atoms with van der Waals surface area (Å²) in [6.45, 7) is 5.29. The number of hydrogen-bond donors (Lipinski definition) is 2. The fourth-order valence-electron chi connectivity index (χ4n) is 2.64. The van der Waals surface area contributed by atoms with Gasteiger partial charge < -0.3 is 15.2 Å². The van der Waals surface area contributed by atoms with Crippen molar-refractivity contribution in [2.24, 2.45) is 0 Å². The molecule has 0 radical (unpaired) electrons. The number of rotatable bonds is 6. The van der Waals surface area contributed by atoms with Gasteiger partial charge in [0, 0.05) is 31.9 Å². The van der Waals surface area contributed by atoms with Crippen LogP contribution in [0.15, 0.2) is 23.6 Å². The van der Waals surface area contributed by atoms with Crippen molar-refractivity contribution in [3.8, 4) is 0 Å². The van der Waals surface area contributed by atoms with Gasteiger partial charge in [-0.15, -0.1) is 11.3 Å². The second-order valence-electron chi connectivity index (χ2n) is 5.58. The lowest BCUT2D eigenvalue weighted by molar-refractivity contribution is 0.0760. The molecule has 0 saturated carbocycles. The van der Waals surface area contributed by atoms with E-state index in [1.165, 1.54) is 11.3 Å². The maximum atomic E-state index is 12.6. The first kappa shape index (κ1) is 16.4. The number of fused-ring (bicyclic) bond motifs is 1. The summed E-state index contributed by atoms with van der Waals surface area (Å²) in [5, 5.41) is 5.50. The maximum absolute atomic E-state index is 12.6. The van der Waals surface area contributed by atoms with E-state index in [2.05, 4.69) is 33.3 Å². The Kier molecular flexibility index (Phi) is 4.80. The quantitative estimate of drug-likeness (QED) is 0.721. The van der Waals surface area contributed by atoms with Crippen molar-refractivity contribution < 1.29 is 4.79 Å². The van der Waals surface area contributed by atoms with Gasteiger partial charge in [-0.2, -0.15) is 0 Å². The third-order valence-corrected chi connectivity index (χ3v) is 4.85. The topological polar surface area (TPSA) is 73.9 Å². The van der Waals surface area contributed by atoms with Crippen LogP contribution in [0.4, 0.5) is 5.13 Å². The SMILES string of the molecule is CCN(CCc1nc2c(C)cccc2[nH]1)C(=O)c1csc(NC)n1. The Bertz CT molecular complexity index is 854. The van der Waals surface area contributed by atoms with Crippen LogP contribution in [-0.2, 0) is 6.42 Å². The highest BCUT2D eigenvalue weighted by Gasteiger charge is 2.18. The number of aromatic nitrogens is 3. The first-order chi connectivity index (χ1) is 11.6. The molecule has 0 aliphatic heterocycles. The van der Waals surface area contributed by atoms with Gasteiger partial charge in [-0.25, -0.2) is 9.97 Å². The zero-order chi connectivity index (χ0) is 17.1. The number of amides is 1. The summed E-state index contributed by atoms with van der Waals surface area (Å²) in [5.41, 5.74) is 3.68. The molecule has 7 heteroatoms. The minimum Gasteiger partial charge on any atom is -0.365 e. The van der Waals surface area contributed by atoms with Crippen LogP contribution in [0.2, 0.25) is 0 Å². The molecule has 0 saturated heterocycles. The van der Waals surface area contributed by atoms with Crippen LogP contribution < -0.4 is 5.32 Å². The number of aryl methyl sites for hydroxylation is 1. The number of carbonyl (C=O) groups is 1. The highest BCUT2D eigenvalue weighted by atomic mass is 32.1. The summed E-state index contributed by atoms with van der Waals surface area (Å²) in [6.07, 6.45) is 0.691. The fraction of sp³-hybridized carbons (Fsp3) is 0.353. The summed E-state index contributed by atoms with van der Waals surface area (Å²) in [6, 6.07) is 6.09. The van der Waals surface area contributed by atoms with Crippen LogP contribution in [0.5, 0.6) is 0 Å². The van der Waals surface area contributed by atoms with E-state index in [1.54, 1.807) is 17.3 Å². The van der Waals surface area contributed by atoms with E-state index in [0.717, 1.165) is 27.6 Å². The average Bonchev–Trinajstić information content (AvgIpc) is 3.22. The molecule has 0 aliphatic carbocycles. The Morgan fingerprint density at radius 3 is 2.88 bits per heavy atom. The van der Waals surface area contributed by atoms with E-state index in [9.17, 15) is 4.79 Å². The summed E-state index contributed by atoms with van der Waals surface area (Å²) in [7, 11) is 1.80. The molecule has 24 heavy (non-hydrogen) atoms. The molecule has 0 spiro atoms. The third-order valence-electron chi connectivity index (χ3n) is 3.99. The number of anilines is 1. The van der Waals surface area contributed by atoms with Crippen molar-refractivity contribution in [1.29, 1.82) is 0 Å².